The largest absolute Gasteiger partial charge is 0.381 e. The molecule has 3 rings (SSSR count). The molecule has 104 valence electrons. The molecule has 0 aliphatic heterocycles. The number of anilines is 1. The molecule has 0 heterocycles. The topological polar surface area (TPSA) is 12.0 Å². The van der Waals surface area contributed by atoms with Crippen molar-refractivity contribution in [3.8, 4) is 0 Å². The molecule has 1 N–H and O–H groups in total. The van der Waals surface area contributed by atoms with E-state index in [1.54, 1.807) is 0 Å². The third-order valence-electron chi connectivity index (χ3n) is 3.95. The van der Waals surface area contributed by atoms with Gasteiger partial charge in [-0.3, -0.25) is 0 Å². The Hall–Kier alpha value is -0.990. The van der Waals surface area contributed by atoms with Gasteiger partial charge in [0.25, 0.3) is 0 Å². The van der Waals surface area contributed by atoms with Crippen LogP contribution in [-0.2, 0) is 12.8 Å². The predicted molar refractivity (Wildman–Crippen MR) is 89.9 cm³/mol. The summed E-state index contributed by atoms with van der Waals surface area (Å²) in [6.45, 7) is 4.30. The number of nitrogens with one attached hydrogen (secondary N) is 1. The first kappa shape index (κ1) is 14.0. The van der Waals surface area contributed by atoms with Crippen LogP contribution in [0.25, 0.3) is 0 Å². The van der Waals surface area contributed by atoms with Crippen molar-refractivity contribution in [2.45, 2.75) is 32.7 Å². The molecule has 2 aromatic carbocycles. The summed E-state index contributed by atoms with van der Waals surface area (Å²) in [5, 5.41) is 4.54. The molecule has 3 heteroatoms. The minimum absolute atomic E-state index is 0.460. The van der Waals surface area contributed by atoms with Crippen molar-refractivity contribution in [1.82, 2.24) is 0 Å². The lowest BCUT2D eigenvalue weighted by atomic mass is 10.1. The van der Waals surface area contributed by atoms with E-state index >= 15 is 0 Å². The molecule has 1 nitrogen and oxygen atoms in total. The van der Waals surface area contributed by atoms with Crippen molar-refractivity contribution in [3.05, 3.63) is 62.1 Å². The van der Waals surface area contributed by atoms with Crippen molar-refractivity contribution >= 4 is 33.2 Å². The predicted octanol–water partition coefficient (Wildman–Crippen LogP) is 5.30. The smallest absolute Gasteiger partial charge is 0.0408 e. The maximum Gasteiger partial charge on any atom is 0.0408 e. The van der Waals surface area contributed by atoms with E-state index in [0.29, 0.717) is 6.04 Å². The minimum Gasteiger partial charge on any atom is -0.381 e. The van der Waals surface area contributed by atoms with Crippen molar-refractivity contribution in [2.75, 3.05) is 5.32 Å². The Bertz CT molecular complexity index is 643. The van der Waals surface area contributed by atoms with Gasteiger partial charge in [-0.15, -0.1) is 0 Å². The van der Waals surface area contributed by atoms with E-state index in [2.05, 4.69) is 59.4 Å². The molecule has 2 aromatic rings. The Morgan fingerprint density at radius 3 is 2.40 bits per heavy atom. The van der Waals surface area contributed by atoms with Crippen molar-refractivity contribution < 1.29 is 0 Å². The SMILES string of the molecule is Cc1cc(Br)cc(C)c1NC1Cc2ccc(Cl)cc2C1. The average molecular weight is 351 g/mol. The summed E-state index contributed by atoms with van der Waals surface area (Å²) in [4.78, 5) is 0. The molecule has 1 atom stereocenters. The van der Waals surface area contributed by atoms with Crippen molar-refractivity contribution in [2.24, 2.45) is 0 Å². The quantitative estimate of drug-likeness (QED) is 0.775. The van der Waals surface area contributed by atoms with Gasteiger partial charge in [-0.25, -0.2) is 0 Å². The number of hydrogen-bond acceptors (Lipinski definition) is 1. The van der Waals surface area contributed by atoms with Crippen LogP contribution in [0.5, 0.6) is 0 Å². The molecular formula is C17H17BrClN. The summed E-state index contributed by atoms with van der Waals surface area (Å²) in [5.41, 5.74) is 6.62. The summed E-state index contributed by atoms with van der Waals surface area (Å²) >= 11 is 9.62. The Balaban J connectivity index is 1.81. The van der Waals surface area contributed by atoms with E-state index in [1.165, 1.54) is 27.9 Å². The third-order valence-corrected chi connectivity index (χ3v) is 4.64. The summed E-state index contributed by atoms with van der Waals surface area (Å²) in [5.74, 6) is 0. The highest BCUT2D eigenvalue weighted by Crippen LogP contribution is 2.30. The van der Waals surface area contributed by atoms with E-state index in [0.717, 1.165) is 22.3 Å². The summed E-state index contributed by atoms with van der Waals surface area (Å²) in [6, 6.07) is 11.0. The summed E-state index contributed by atoms with van der Waals surface area (Å²) in [6.07, 6.45) is 2.12. The molecule has 1 aliphatic rings. The molecule has 1 aliphatic carbocycles. The Morgan fingerprint density at radius 2 is 1.70 bits per heavy atom. The molecule has 0 spiro atoms. The number of hydrogen-bond donors (Lipinski definition) is 1. The lowest BCUT2D eigenvalue weighted by Crippen LogP contribution is -2.20. The highest BCUT2D eigenvalue weighted by molar-refractivity contribution is 9.10. The molecule has 0 bridgehead atoms. The van der Waals surface area contributed by atoms with Crippen LogP contribution >= 0.6 is 27.5 Å². The molecule has 20 heavy (non-hydrogen) atoms. The molecule has 0 saturated heterocycles. The number of fused-ring (bicyclic) bond motifs is 1. The lowest BCUT2D eigenvalue weighted by molar-refractivity contribution is 0.772. The van der Waals surface area contributed by atoms with Crippen LogP contribution < -0.4 is 5.32 Å². The minimum atomic E-state index is 0.460. The van der Waals surface area contributed by atoms with E-state index in [1.807, 2.05) is 6.07 Å². The van der Waals surface area contributed by atoms with Gasteiger partial charge in [0.2, 0.25) is 0 Å². The first-order valence-corrected chi connectivity index (χ1v) is 8.00. The summed E-state index contributed by atoms with van der Waals surface area (Å²) < 4.78 is 1.14. The second-order valence-corrected chi connectivity index (χ2v) is 6.93. The van der Waals surface area contributed by atoms with Gasteiger partial charge in [-0.05, 0) is 73.2 Å². The van der Waals surface area contributed by atoms with Gasteiger partial charge in [0, 0.05) is 21.2 Å². The van der Waals surface area contributed by atoms with E-state index in [9.17, 15) is 0 Å². The van der Waals surface area contributed by atoms with Crippen LogP contribution in [0.4, 0.5) is 5.69 Å². The first-order valence-electron chi connectivity index (χ1n) is 6.83. The summed E-state index contributed by atoms with van der Waals surface area (Å²) in [7, 11) is 0. The maximum atomic E-state index is 6.07. The van der Waals surface area contributed by atoms with Crippen LogP contribution in [0.1, 0.15) is 22.3 Å². The first-order chi connectivity index (χ1) is 9.52. The zero-order chi connectivity index (χ0) is 14.3. The number of halogens is 2. The van der Waals surface area contributed by atoms with Gasteiger partial charge in [0.1, 0.15) is 0 Å². The zero-order valence-corrected chi connectivity index (χ0v) is 14.0. The van der Waals surface area contributed by atoms with Crippen LogP contribution in [0.2, 0.25) is 5.02 Å². The van der Waals surface area contributed by atoms with Gasteiger partial charge >= 0.3 is 0 Å². The second kappa shape index (κ2) is 5.42. The fraction of sp³-hybridized carbons (Fsp3) is 0.294. The van der Waals surface area contributed by atoms with Gasteiger partial charge in [-0.2, -0.15) is 0 Å². The molecule has 0 saturated carbocycles. The molecule has 0 amide bonds. The van der Waals surface area contributed by atoms with Gasteiger partial charge < -0.3 is 5.32 Å². The van der Waals surface area contributed by atoms with Gasteiger partial charge in [0.05, 0.1) is 0 Å². The maximum absolute atomic E-state index is 6.07. The van der Waals surface area contributed by atoms with Crippen molar-refractivity contribution in [1.29, 1.82) is 0 Å². The van der Waals surface area contributed by atoms with E-state index < -0.39 is 0 Å². The van der Waals surface area contributed by atoms with Crippen LogP contribution in [0.3, 0.4) is 0 Å². The average Bonchev–Trinajstić information content (AvgIpc) is 2.75. The Labute approximate surface area is 133 Å². The molecular weight excluding hydrogens is 334 g/mol. The molecule has 0 aromatic heterocycles. The molecule has 0 radical (unpaired) electrons. The monoisotopic (exact) mass is 349 g/mol. The molecule has 1 unspecified atom stereocenters. The van der Waals surface area contributed by atoms with Crippen LogP contribution in [-0.4, -0.2) is 6.04 Å². The normalized spacial score (nSPS) is 17.1. The number of benzene rings is 2. The highest BCUT2D eigenvalue weighted by Gasteiger charge is 2.22. The number of rotatable bonds is 2. The fourth-order valence-corrected chi connectivity index (χ4v) is 3.91. The van der Waals surface area contributed by atoms with Crippen LogP contribution in [0, 0.1) is 13.8 Å². The van der Waals surface area contributed by atoms with Crippen molar-refractivity contribution in [3.63, 3.8) is 0 Å². The van der Waals surface area contributed by atoms with Gasteiger partial charge in [-0.1, -0.05) is 33.6 Å². The Kier molecular flexibility index (Phi) is 3.78. The third kappa shape index (κ3) is 2.72. The van der Waals surface area contributed by atoms with Gasteiger partial charge in [0.15, 0.2) is 0 Å². The fourth-order valence-electron chi connectivity index (χ4n) is 3.03. The van der Waals surface area contributed by atoms with E-state index in [-0.39, 0.29) is 0 Å². The highest BCUT2D eigenvalue weighted by atomic mass is 79.9. The second-order valence-electron chi connectivity index (χ2n) is 5.58. The van der Waals surface area contributed by atoms with Crippen LogP contribution in [0.15, 0.2) is 34.8 Å². The standard InChI is InChI=1S/C17H17BrClN/c1-10-5-14(18)6-11(2)17(10)20-16-8-12-3-4-15(19)7-13(12)9-16/h3-7,16,20H,8-9H2,1-2H3. The molecule has 0 fully saturated rings. The number of aryl methyl sites for hydroxylation is 2. The Morgan fingerprint density at radius 1 is 1.05 bits per heavy atom. The lowest BCUT2D eigenvalue weighted by Gasteiger charge is -2.18. The zero-order valence-electron chi connectivity index (χ0n) is 11.6. The van der Waals surface area contributed by atoms with E-state index in [4.69, 9.17) is 11.6 Å².